The van der Waals surface area contributed by atoms with Gasteiger partial charge in [0.05, 0.1) is 11.6 Å². The summed E-state index contributed by atoms with van der Waals surface area (Å²) in [5.74, 6) is 0.335. The molecule has 0 fully saturated rings. The third-order valence-electron chi connectivity index (χ3n) is 3.47. The quantitative estimate of drug-likeness (QED) is 0.873. The van der Waals surface area contributed by atoms with Gasteiger partial charge in [-0.05, 0) is 30.0 Å². The number of fused-ring (bicyclic) bond motifs is 1. The normalized spacial score (nSPS) is 14.8. The number of pyridine rings is 1. The molecule has 1 aromatic heterocycles. The molecule has 0 bridgehead atoms. The molecule has 0 saturated carbocycles. The van der Waals surface area contributed by atoms with E-state index >= 15 is 0 Å². The molecule has 2 rings (SSSR count). The SMILES string of the molecule is CCC(C)C(O)Cc1ccnc2ccccc12. The molecule has 0 radical (unpaired) electrons. The first-order valence-electron chi connectivity index (χ1n) is 6.23. The number of aliphatic hydroxyl groups excluding tert-OH is 1. The van der Waals surface area contributed by atoms with Gasteiger partial charge < -0.3 is 5.11 Å². The molecule has 0 amide bonds. The summed E-state index contributed by atoms with van der Waals surface area (Å²) in [5.41, 5.74) is 2.18. The van der Waals surface area contributed by atoms with E-state index in [4.69, 9.17) is 0 Å². The molecular weight excluding hydrogens is 210 g/mol. The summed E-state index contributed by atoms with van der Waals surface area (Å²) in [6.45, 7) is 4.20. The van der Waals surface area contributed by atoms with Crippen LogP contribution in [0.1, 0.15) is 25.8 Å². The molecule has 2 unspecified atom stereocenters. The Balaban J connectivity index is 2.30. The van der Waals surface area contributed by atoms with Crippen molar-refractivity contribution in [1.82, 2.24) is 4.98 Å². The van der Waals surface area contributed by atoms with Crippen LogP contribution in [0.4, 0.5) is 0 Å². The molecule has 0 aliphatic carbocycles. The summed E-state index contributed by atoms with van der Waals surface area (Å²) >= 11 is 0. The van der Waals surface area contributed by atoms with Crippen LogP contribution in [0.15, 0.2) is 36.5 Å². The maximum Gasteiger partial charge on any atom is 0.0704 e. The van der Waals surface area contributed by atoms with Gasteiger partial charge in [-0.2, -0.15) is 0 Å². The van der Waals surface area contributed by atoms with E-state index in [1.807, 2.05) is 30.5 Å². The highest BCUT2D eigenvalue weighted by atomic mass is 16.3. The second-order valence-corrected chi connectivity index (χ2v) is 4.64. The molecule has 2 atom stereocenters. The van der Waals surface area contributed by atoms with Gasteiger partial charge >= 0.3 is 0 Å². The fourth-order valence-corrected chi connectivity index (χ4v) is 2.03. The van der Waals surface area contributed by atoms with Crippen LogP contribution >= 0.6 is 0 Å². The number of aromatic nitrogens is 1. The Hall–Kier alpha value is -1.41. The van der Waals surface area contributed by atoms with Gasteiger partial charge in [0.25, 0.3) is 0 Å². The fourth-order valence-electron chi connectivity index (χ4n) is 2.03. The van der Waals surface area contributed by atoms with Gasteiger partial charge in [-0.15, -0.1) is 0 Å². The zero-order valence-electron chi connectivity index (χ0n) is 10.4. The molecule has 2 nitrogen and oxygen atoms in total. The van der Waals surface area contributed by atoms with Gasteiger partial charge in [-0.1, -0.05) is 38.5 Å². The van der Waals surface area contributed by atoms with Crippen molar-refractivity contribution in [3.05, 3.63) is 42.1 Å². The molecule has 1 N–H and O–H groups in total. The Morgan fingerprint density at radius 2 is 2.00 bits per heavy atom. The van der Waals surface area contributed by atoms with Crippen LogP contribution in [-0.2, 0) is 6.42 Å². The second-order valence-electron chi connectivity index (χ2n) is 4.64. The van der Waals surface area contributed by atoms with Crippen molar-refractivity contribution in [2.45, 2.75) is 32.8 Å². The fraction of sp³-hybridized carbons (Fsp3) is 0.400. The summed E-state index contributed by atoms with van der Waals surface area (Å²) in [5, 5.41) is 11.3. The average Bonchev–Trinajstić information content (AvgIpc) is 2.38. The van der Waals surface area contributed by atoms with Gasteiger partial charge in [0, 0.05) is 11.6 Å². The highest BCUT2D eigenvalue weighted by molar-refractivity contribution is 5.81. The molecular formula is C15H19NO. The van der Waals surface area contributed by atoms with Gasteiger partial charge in [-0.3, -0.25) is 4.98 Å². The van der Waals surface area contributed by atoms with Crippen LogP contribution in [0.5, 0.6) is 0 Å². The molecule has 2 heteroatoms. The lowest BCUT2D eigenvalue weighted by atomic mass is 9.94. The largest absolute Gasteiger partial charge is 0.393 e. The predicted octanol–water partition coefficient (Wildman–Crippen LogP) is 3.18. The first-order valence-corrected chi connectivity index (χ1v) is 6.23. The van der Waals surface area contributed by atoms with Crippen LogP contribution in [0.2, 0.25) is 0 Å². The molecule has 17 heavy (non-hydrogen) atoms. The predicted molar refractivity (Wildman–Crippen MR) is 70.9 cm³/mol. The van der Waals surface area contributed by atoms with Crippen molar-refractivity contribution in [3.63, 3.8) is 0 Å². The van der Waals surface area contributed by atoms with Crippen molar-refractivity contribution < 1.29 is 5.11 Å². The molecule has 1 aromatic carbocycles. The Kier molecular flexibility index (Phi) is 3.75. The highest BCUT2D eigenvalue weighted by Gasteiger charge is 2.14. The van der Waals surface area contributed by atoms with Gasteiger partial charge in [0.1, 0.15) is 0 Å². The third kappa shape index (κ3) is 2.64. The lowest BCUT2D eigenvalue weighted by Crippen LogP contribution is -2.19. The number of benzene rings is 1. The first kappa shape index (κ1) is 12.1. The monoisotopic (exact) mass is 229 g/mol. The number of para-hydroxylation sites is 1. The molecule has 1 heterocycles. The molecule has 0 aliphatic rings. The second kappa shape index (κ2) is 5.28. The van der Waals surface area contributed by atoms with E-state index in [9.17, 15) is 5.11 Å². The summed E-state index contributed by atoms with van der Waals surface area (Å²) < 4.78 is 0. The maximum atomic E-state index is 10.1. The molecule has 90 valence electrons. The summed E-state index contributed by atoms with van der Waals surface area (Å²) in [7, 11) is 0. The molecule has 2 aromatic rings. The van der Waals surface area contributed by atoms with Crippen LogP contribution in [-0.4, -0.2) is 16.2 Å². The van der Waals surface area contributed by atoms with E-state index < -0.39 is 0 Å². The minimum atomic E-state index is -0.272. The van der Waals surface area contributed by atoms with Crippen LogP contribution in [0.25, 0.3) is 10.9 Å². The van der Waals surface area contributed by atoms with Gasteiger partial charge in [-0.25, -0.2) is 0 Å². The zero-order valence-corrected chi connectivity index (χ0v) is 10.4. The van der Waals surface area contributed by atoms with Crippen molar-refractivity contribution in [3.8, 4) is 0 Å². The van der Waals surface area contributed by atoms with E-state index in [2.05, 4.69) is 24.9 Å². The van der Waals surface area contributed by atoms with Gasteiger partial charge in [0.15, 0.2) is 0 Å². The van der Waals surface area contributed by atoms with E-state index in [-0.39, 0.29) is 6.10 Å². The van der Waals surface area contributed by atoms with E-state index in [1.165, 1.54) is 5.56 Å². The molecule has 0 saturated heterocycles. The summed E-state index contributed by atoms with van der Waals surface area (Å²) in [6, 6.07) is 10.1. The average molecular weight is 229 g/mol. The van der Waals surface area contributed by atoms with E-state index in [1.54, 1.807) is 0 Å². The standard InChI is InChI=1S/C15H19NO/c1-3-11(2)15(17)10-12-8-9-16-14-7-5-4-6-13(12)14/h4-9,11,15,17H,3,10H2,1-2H3. The molecule has 0 spiro atoms. The highest BCUT2D eigenvalue weighted by Crippen LogP contribution is 2.20. The lowest BCUT2D eigenvalue weighted by Gasteiger charge is -2.17. The lowest BCUT2D eigenvalue weighted by molar-refractivity contribution is 0.115. The van der Waals surface area contributed by atoms with Crippen molar-refractivity contribution in [2.75, 3.05) is 0 Å². The van der Waals surface area contributed by atoms with E-state index in [0.717, 1.165) is 17.3 Å². The minimum Gasteiger partial charge on any atom is -0.393 e. The number of nitrogens with zero attached hydrogens (tertiary/aromatic N) is 1. The first-order chi connectivity index (χ1) is 8.22. The van der Waals surface area contributed by atoms with Crippen LogP contribution < -0.4 is 0 Å². The number of aliphatic hydroxyl groups is 1. The smallest absolute Gasteiger partial charge is 0.0704 e. The number of rotatable bonds is 4. The Morgan fingerprint density at radius 1 is 1.24 bits per heavy atom. The maximum absolute atomic E-state index is 10.1. The zero-order chi connectivity index (χ0) is 12.3. The number of hydrogen-bond donors (Lipinski definition) is 1. The Bertz CT molecular complexity index is 490. The van der Waals surface area contributed by atoms with Crippen molar-refractivity contribution in [2.24, 2.45) is 5.92 Å². The van der Waals surface area contributed by atoms with Crippen molar-refractivity contribution in [1.29, 1.82) is 0 Å². The molecule has 0 aliphatic heterocycles. The van der Waals surface area contributed by atoms with Gasteiger partial charge in [0.2, 0.25) is 0 Å². The van der Waals surface area contributed by atoms with Crippen LogP contribution in [0.3, 0.4) is 0 Å². The topological polar surface area (TPSA) is 33.1 Å². The summed E-state index contributed by atoms with van der Waals surface area (Å²) in [6.07, 6.45) is 3.26. The number of hydrogen-bond acceptors (Lipinski definition) is 2. The minimum absolute atomic E-state index is 0.272. The van der Waals surface area contributed by atoms with Crippen LogP contribution in [0, 0.1) is 5.92 Å². The Morgan fingerprint density at radius 3 is 2.76 bits per heavy atom. The summed E-state index contributed by atoms with van der Waals surface area (Å²) in [4.78, 5) is 4.33. The van der Waals surface area contributed by atoms with Crippen molar-refractivity contribution >= 4 is 10.9 Å². The Labute approximate surface area is 102 Å². The van der Waals surface area contributed by atoms with E-state index in [0.29, 0.717) is 12.3 Å². The third-order valence-corrected chi connectivity index (χ3v) is 3.47.